The Morgan fingerprint density at radius 1 is 1.32 bits per heavy atom. The van der Waals surface area contributed by atoms with Crippen molar-refractivity contribution in [2.75, 3.05) is 6.61 Å². The number of amides is 1. The van der Waals surface area contributed by atoms with Crippen molar-refractivity contribution in [2.24, 2.45) is 0 Å². The van der Waals surface area contributed by atoms with Gasteiger partial charge in [-0.05, 0) is 37.5 Å². The smallest absolute Gasteiger partial charge is 0.243 e. The lowest BCUT2D eigenvalue weighted by molar-refractivity contribution is -0.129. The molecule has 0 aliphatic carbocycles. The molecule has 0 saturated heterocycles. The van der Waals surface area contributed by atoms with Crippen LogP contribution in [0.3, 0.4) is 0 Å². The zero-order chi connectivity index (χ0) is 14.1. The SMILES string of the molecule is Cc1ccc(Cl)c(OCCCCCCC(=O)NO)c1. The normalized spacial score (nSPS) is 10.3. The Bertz CT molecular complexity index is 410. The maximum Gasteiger partial charge on any atom is 0.243 e. The molecular weight excluding hydrogens is 266 g/mol. The van der Waals surface area contributed by atoms with Crippen LogP contribution in [0.4, 0.5) is 0 Å². The van der Waals surface area contributed by atoms with Gasteiger partial charge in [0.05, 0.1) is 11.6 Å². The number of carbonyl (C=O) groups is 1. The third-order valence-electron chi connectivity index (χ3n) is 2.77. The molecule has 0 fully saturated rings. The second-order valence-corrected chi connectivity index (χ2v) is 4.89. The van der Waals surface area contributed by atoms with Gasteiger partial charge in [-0.15, -0.1) is 0 Å². The van der Waals surface area contributed by atoms with E-state index in [0.717, 1.165) is 37.0 Å². The van der Waals surface area contributed by atoms with Gasteiger partial charge in [0.25, 0.3) is 0 Å². The number of aryl methyl sites for hydroxylation is 1. The highest BCUT2D eigenvalue weighted by atomic mass is 35.5. The minimum atomic E-state index is -0.331. The third-order valence-corrected chi connectivity index (χ3v) is 3.08. The summed E-state index contributed by atoms with van der Waals surface area (Å²) in [5.74, 6) is 0.393. The van der Waals surface area contributed by atoms with Gasteiger partial charge < -0.3 is 4.74 Å². The summed E-state index contributed by atoms with van der Waals surface area (Å²) < 4.78 is 5.62. The van der Waals surface area contributed by atoms with Crippen LogP contribution in [0.2, 0.25) is 5.02 Å². The molecule has 1 aromatic carbocycles. The number of ether oxygens (including phenoxy) is 1. The molecule has 0 aliphatic rings. The molecule has 0 heterocycles. The minimum Gasteiger partial charge on any atom is -0.492 e. The van der Waals surface area contributed by atoms with Gasteiger partial charge in [-0.2, -0.15) is 0 Å². The molecule has 0 atom stereocenters. The number of unbranched alkanes of at least 4 members (excludes halogenated alkanes) is 3. The van der Waals surface area contributed by atoms with Crippen molar-refractivity contribution >= 4 is 17.5 Å². The molecule has 0 saturated carbocycles. The Morgan fingerprint density at radius 3 is 2.79 bits per heavy atom. The molecule has 2 N–H and O–H groups in total. The van der Waals surface area contributed by atoms with Crippen LogP contribution in [0.15, 0.2) is 18.2 Å². The highest BCUT2D eigenvalue weighted by Gasteiger charge is 2.02. The number of halogens is 1. The molecule has 0 aliphatic heterocycles. The summed E-state index contributed by atoms with van der Waals surface area (Å²) in [5, 5.41) is 8.95. The van der Waals surface area contributed by atoms with Gasteiger partial charge in [0.2, 0.25) is 5.91 Å². The lowest BCUT2D eigenvalue weighted by Crippen LogP contribution is -2.17. The lowest BCUT2D eigenvalue weighted by atomic mass is 10.1. The molecule has 1 amide bonds. The first-order valence-corrected chi connectivity index (χ1v) is 6.83. The van der Waals surface area contributed by atoms with Crippen molar-refractivity contribution in [3.63, 3.8) is 0 Å². The Hall–Kier alpha value is -1.26. The maximum atomic E-state index is 10.8. The molecule has 4 nitrogen and oxygen atoms in total. The van der Waals surface area contributed by atoms with E-state index in [0.29, 0.717) is 18.1 Å². The molecule has 0 radical (unpaired) electrons. The molecule has 5 heteroatoms. The molecule has 0 aromatic heterocycles. The molecule has 0 spiro atoms. The van der Waals surface area contributed by atoms with Gasteiger partial charge in [0, 0.05) is 6.42 Å². The summed E-state index contributed by atoms with van der Waals surface area (Å²) in [7, 11) is 0. The number of hydrogen-bond donors (Lipinski definition) is 2. The van der Waals surface area contributed by atoms with Crippen molar-refractivity contribution in [3.8, 4) is 5.75 Å². The predicted molar refractivity (Wildman–Crippen MR) is 74.7 cm³/mol. The fourth-order valence-electron chi connectivity index (χ4n) is 1.70. The molecule has 106 valence electrons. The van der Waals surface area contributed by atoms with Crippen LogP contribution in [-0.4, -0.2) is 17.7 Å². The van der Waals surface area contributed by atoms with E-state index >= 15 is 0 Å². The van der Waals surface area contributed by atoms with Crippen LogP contribution in [0.25, 0.3) is 0 Å². The van der Waals surface area contributed by atoms with Crippen LogP contribution in [0.5, 0.6) is 5.75 Å². The zero-order valence-corrected chi connectivity index (χ0v) is 11.9. The predicted octanol–water partition coefficient (Wildman–Crippen LogP) is 3.48. The first-order chi connectivity index (χ1) is 9.13. The van der Waals surface area contributed by atoms with E-state index in [4.69, 9.17) is 21.5 Å². The number of rotatable bonds is 8. The Morgan fingerprint density at radius 2 is 2.05 bits per heavy atom. The average molecular weight is 286 g/mol. The van der Waals surface area contributed by atoms with Crippen molar-refractivity contribution in [1.82, 2.24) is 5.48 Å². The molecule has 19 heavy (non-hydrogen) atoms. The van der Waals surface area contributed by atoms with Gasteiger partial charge >= 0.3 is 0 Å². The van der Waals surface area contributed by atoms with Crippen LogP contribution >= 0.6 is 11.6 Å². The van der Waals surface area contributed by atoms with Crippen molar-refractivity contribution in [3.05, 3.63) is 28.8 Å². The Labute approximate surface area is 118 Å². The second-order valence-electron chi connectivity index (χ2n) is 4.48. The Balaban J connectivity index is 2.11. The van der Waals surface area contributed by atoms with E-state index in [2.05, 4.69) is 0 Å². The van der Waals surface area contributed by atoms with Crippen molar-refractivity contribution in [1.29, 1.82) is 0 Å². The number of benzene rings is 1. The quantitative estimate of drug-likeness (QED) is 0.437. The number of hydroxylamine groups is 1. The molecule has 0 unspecified atom stereocenters. The minimum absolute atomic E-state index is 0.331. The van der Waals surface area contributed by atoms with Crippen LogP contribution < -0.4 is 10.2 Å². The number of hydrogen-bond acceptors (Lipinski definition) is 3. The molecule has 0 bridgehead atoms. The fraction of sp³-hybridized carbons (Fsp3) is 0.500. The lowest BCUT2D eigenvalue weighted by Gasteiger charge is -2.08. The highest BCUT2D eigenvalue weighted by Crippen LogP contribution is 2.25. The van der Waals surface area contributed by atoms with Gasteiger partial charge in [-0.3, -0.25) is 10.0 Å². The van der Waals surface area contributed by atoms with E-state index in [1.165, 1.54) is 0 Å². The zero-order valence-electron chi connectivity index (χ0n) is 11.1. The first kappa shape index (κ1) is 15.8. The first-order valence-electron chi connectivity index (χ1n) is 6.45. The monoisotopic (exact) mass is 285 g/mol. The second kappa shape index (κ2) is 8.77. The summed E-state index contributed by atoms with van der Waals surface area (Å²) in [6, 6.07) is 5.70. The third kappa shape index (κ3) is 6.45. The standard InChI is InChI=1S/C14H20ClNO3/c1-11-7-8-12(15)13(10-11)19-9-5-3-2-4-6-14(17)16-18/h7-8,10,18H,2-6,9H2,1H3,(H,16,17). The van der Waals surface area contributed by atoms with Crippen LogP contribution in [0, 0.1) is 6.92 Å². The average Bonchev–Trinajstić information content (AvgIpc) is 2.41. The highest BCUT2D eigenvalue weighted by molar-refractivity contribution is 6.32. The summed E-state index contributed by atoms with van der Waals surface area (Å²) >= 11 is 6.02. The van der Waals surface area contributed by atoms with Gasteiger partial charge in [0.1, 0.15) is 5.75 Å². The maximum absolute atomic E-state index is 10.8. The molecule has 1 aromatic rings. The van der Waals surface area contributed by atoms with Crippen molar-refractivity contribution < 1.29 is 14.7 Å². The largest absolute Gasteiger partial charge is 0.492 e. The van der Waals surface area contributed by atoms with E-state index in [1.807, 2.05) is 25.1 Å². The van der Waals surface area contributed by atoms with Gasteiger partial charge in [-0.1, -0.05) is 30.5 Å². The van der Waals surface area contributed by atoms with Gasteiger partial charge in [-0.25, -0.2) is 5.48 Å². The number of nitrogens with one attached hydrogen (secondary N) is 1. The Kier molecular flexibility index (Phi) is 7.30. The summed E-state index contributed by atoms with van der Waals surface area (Å²) in [5.41, 5.74) is 2.74. The van der Waals surface area contributed by atoms with E-state index < -0.39 is 0 Å². The summed E-state index contributed by atoms with van der Waals surface area (Å²) in [6.07, 6.45) is 3.99. The van der Waals surface area contributed by atoms with E-state index in [9.17, 15) is 4.79 Å². The topological polar surface area (TPSA) is 58.6 Å². The van der Waals surface area contributed by atoms with Crippen LogP contribution in [-0.2, 0) is 4.79 Å². The van der Waals surface area contributed by atoms with Crippen LogP contribution in [0.1, 0.15) is 37.7 Å². The van der Waals surface area contributed by atoms with Gasteiger partial charge in [0.15, 0.2) is 0 Å². The summed E-state index contributed by atoms with van der Waals surface area (Å²) in [4.78, 5) is 10.8. The van der Waals surface area contributed by atoms with E-state index in [1.54, 1.807) is 5.48 Å². The molecular formula is C14H20ClNO3. The number of carbonyl (C=O) groups excluding carboxylic acids is 1. The molecule has 1 rings (SSSR count). The van der Waals surface area contributed by atoms with Crippen molar-refractivity contribution in [2.45, 2.75) is 39.0 Å². The fourth-order valence-corrected chi connectivity index (χ4v) is 1.87. The summed E-state index contributed by atoms with van der Waals surface area (Å²) in [6.45, 7) is 2.62. The van der Waals surface area contributed by atoms with E-state index in [-0.39, 0.29) is 5.91 Å².